The summed E-state index contributed by atoms with van der Waals surface area (Å²) in [5.41, 5.74) is 1.96. The van der Waals surface area contributed by atoms with Crippen LogP contribution in [0.15, 0.2) is 24.3 Å². The van der Waals surface area contributed by atoms with Gasteiger partial charge in [-0.05, 0) is 25.7 Å². The van der Waals surface area contributed by atoms with Crippen molar-refractivity contribution in [2.75, 3.05) is 0 Å². The van der Waals surface area contributed by atoms with Crippen molar-refractivity contribution in [2.24, 2.45) is 0 Å². The van der Waals surface area contributed by atoms with Gasteiger partial charge >= 0.3 is 0 Å². The summed E-state index contributed by atoms with van der Waals surface area (Å²) in [6.45, 7) is 5.73. The number of carbonyl (C=O) groups is 2. The molecule has 1 aromatic carbocycles. The van der Waals surface area contributed by atoms with E-state index in [1.165, 1.54) is 25.7 Å². The Labute approximate surface area is 161 Å². The molecule has 1 aliphatic rings. The van der Waals surface area contributed by atoms with Crippen molar-refractivity contribution >= 4 is 11.6 Å². The summed E-state index contributed by atoms with van der Waals surface area (Å²) in [6, 6.07) is 7.13. The summed E-state index contributed by atoms with van der Waals surface area (Å²) >= 11 is 0. The van der Waals surface area contributed by atoms with Crippen molar-refractivity contribution in [1.82, 2.24) is 9.90 Å². The number of hydrogen-bond acceptors (Lipinski definition) is 3. The van der Waals surface area contributed by atoms with Crippen LogP contribution in [0.3, 0.4) is 0 Å². The molecule has 5 heteroatoms. The fourth-order valence-electron chi connectivity index (χ4n) is 3.74. The van der Waals surface area contributed by atoms with Crippen LogP contribution in [0.25, 0.3) is 0 Å². The number of fused-ring (bicyclic) bond motifs is 2. The average Bonchev–Trinajstić information content (AvgIpc) is 3.05. The summed E-state index contributed by atoms with van der Waals surface area (Å²) in [5, 5.41) is 4.66. The minimum atomic E-state index is -0.0736. The summed E-state index contributed by atoms with van der Waals surface area (Å²) in [7, 11) is 0. The van der Waals surface area contributed by atoms with E-state index in [0.717, 1.165) is 25.7 Å². The predicted octanol–water partition coefficient (Wildman–Crippen LogP) is 4.11. The average molecular weight is 369 g/mol. The van der Waals surface area contributed by atoms with Gasteiger partial charge in [-0.1, -0.05) is 63.8 Å². The standard InChI is InChI=1S/C22H30N3O2/c1-3-5-7-11-15-24-19-20(25(23-24)16-12-8-6-4-2)22(27)18-14-10-9-13-17(18)21(19)26/h9-10,13-14H,3-8,11-12,15-16H2,1-2H3/q+1. The van der Waals surface area contributed by atoms with E-state index < -0.39 is 0 Å². The molecule has 0 N–H and O–H groups in total. The van der Waals surface area contributed by atoms with E-state index in [2.05, 4.69) is 19.1 Å². The van der Waals surface area contributed by atoms with E-state index >= 15 is 0 Å². The van der Waals surface area contributed by atoms with E-state index in [0.29, 0.717) is 35.6 Å². The number of carbonyl (C=O) groups excluding carboxylic acids is 2. The van der Waals surface area contributed by atoms with Gasteiger partial charge < -0.3 is 0 Å². The van der Waals surface area contributed by atoms with Crippen molar-refractivity contribution in [3.63, 3.8) is 0 Å². The lowest BCUT2D eigenvalue weighted by molar-refractivity contribution is -0.757. The van der Waals surface area contributed by atoms with Gasteiger partial charge in [0, 0.05) is 11.1 Å². The van der Waals surface area contributed by atoms with E-state index in [9.17, 15) is 9.59 Å². The van der Waals surface area contributed by atoms with Gasteiger partial charge in [0.2, 0.25) is 23.0 Å². The Morgan fingerprint density at radius 1 is 0.852 bits per heavy atom. The zero-order chi connectivity index (χ0) is 19.2. The molecule has 3 rings (SSSR count). The number of nitrogens with zero attached hydrogens (tertiary/aromatic N) is 3. The third-order valence-corrected chi connectivity index (χ3v) is 5.25. The third kappa shape index (κ3) is 4.02. The molecule has 0 atom stereocenters. The minimum absolute atomic E-state index is 0.0736. The molecule has 0 saturated carbocycles. The van der Waals surface area contributed by atoms with Crippen molar-refractivity contribution in [2.45, 2.75) is 78.3 Å². The van der Waals surface area contributed by atoms with E-state index in [4.69, 9.17) is 0 Å². The monoisotopic (exact) mass is 368 g/mol. The fourth-order valence-corrected chi connectivity index (χ4v) is 3.74. The lowest BCUT2D eigenvalue weighted by Crippen LogP contribution is -2.43. The lowest BCUT2D eigenvalue weighted by atomic mass is 9.90. The molecular formula is C22H30N3O2+. The molecule has 1 heterocycles. The van der Waals surface area contributed by atoms with Crippen LogP contribution in [0.1, 0.15) is 97.3 Å². The summed E-state index contributed by atoms with van der Waals surface area (Å²) < 4.78 is 3.56. The molecule has 2 aromatic rings. The highest BCUT2D eigenvalue weighted by Crippen LogP contribution is 2.25. The molecular weight excluding hydrogens is 338 g/mol. The quantitative estimate of drug-likeness (QED) is 0.400. The Bertz CT molecular complexity index is 757. The molecule has 0 fully saturated rings. The fraction of sp³-hybridized carbons (Fsp3) is 0.545. The molecule has 144 valence electrons. The van der Waals surface area contributed by atoms with Gasteiger partial charge in [-0.15, -0.1) is 9.36 Å². The summed E-state index contributed by atoms with van der Waals surface area (Å²) in [5.74, 6) is -0.147. The Morgan fingerprint density at radius 2 is 1.48 bits per heavy atom. The molecule has 0 radical (unpaired) electrons. The van der Waals surface area contributed by atoms with Gasteiger partial charge in [0.25, 0.3) is 0 Å². The van der Waals surface area contributed by atoms with E-state index in [1.807, 2.05) is 12.1 Å². The van der Waals surface area contributed by atoms with Crippen molar-refractivity contribution in [1.29, 1.82) is 0 Å². The second kappa shape index (κ2) is 9.07. The van der Waals surface area contributed by atoms with Gasteiger partial charge in [0.05, 0.1) is 5.21 Å². The number of benzene rings is 1. The Kier molecular flexibility index (Phi) is 6.54. The maximum absolute atomic E-state index is 13.1. The van der Waals surface area contributed by atoms with Crippen molar-refractivity contribution in [3.8, 4) is 0 Å². The number of aromatic nitrogens is 3. The van der Waals surface area contributed by atoms with Crippen LogP contribution < -0.4 is 4.68 Å². The first kappa shape index (κ1) is 19.5. The topological polar surface area (TPSA) is 55.8 Å². The van der Waals surface area contributed by atoms with Crippen LogP contribution in [-0.4, -0.2) is 21.5 Å². The van der Waals surface area contributed by atoms with Crippen LogP contribution in [0.2, 0.25) is 0 Å². The smallest absolute Gasteiger partial charge is 0.249 e. The zero-order valence-electron chi connectivity index (χ0n) is 16.5. The molecule has 0 amide bonds. The van der Waals surface area contributed by atoms with Crippen molar-refractivity contribution in [3.05, 3.63) is 46.8 Å². The number of hydrogen-bond donors (Lipinski definition) is 0. The van der Waals surface area contributed by atoms with Crippen LogP contribution in [0.4, 0.5) is 0 Å². The van der Waals surface area contributed by atoms with Crippen LogP contribution in [-0.2, 0) is 13.1 Å². The van der Waals surface area contributed by atoms with Gasteiger partial charge in [-0.3, -0.25) is 9.59 Å². The zero-order valence-corrected chi connectivity index (χ0v) is 16.5. The Balaban J connectivity index is 1.92. The van der Waals surface area contributed by atoms with Gasteiger partial charge in [-0.2, -0.15) is 0 Å². The molecule has 0 saturated heterocycles. The number of unbranched alkanes of at least 4 members (excludes halogenated alkanes) is 6. The van der Waals surface area contributed by atoms with Crippen LogP contribution in [0, 0.1) is 0 Å². The Hall–Kier alpha value is -2.30. The summed E-state index contributed by atoms with van der Waals surface area (Å²) in [4.78, 5) is 26.3. The molecule has 5 nitrogen and oxygen atoms in total. The first-order valence-corrected chi connectivity index (χ1v) is 10.4. The summed E-state index contributed by atoms with van der Waals surface area (Å²) in [6.07, 6.45) is 8.85. The van der Waals surface area contributed by atoms with Crippen LogP contribution in [0.5, 0.6) is 0 Å². The van der Waals surface area contributed by atoms with E-state index in [-0.39, 0.29) is 11.6 Å². The molecule has 0 bridgehead atoms. The third-order valence-electron chi connectivity index (χ3n) is 5.25. The molecule has 27 heavy (non-hydrogen) atoms. The van der Waals surface area contributed by atoms with Gasteiger partial charge in [-0.25, -0.2) is 0 Å². The Morgan fingerprint density at radius 3 is 2.15 bits per heavy atom. The lowest BCUT2D eigenvalue weighted by Gasteiger charge is -2.11. The molecule has 0 spiro atoms. The molecule has 0 aliphatic heterocycles. The molecule has 1 aliphatic carbocycles. The SMILES string of the molecule is CCCCCCn1n[n+](CCCCCC)c2c1C(=O)c1ccccc1C2=O. The molecule has 0 unspecified atom stereocenters. The largest absolute Gasteiger partial charge is 0.284 e. The van der Waals surface area contributed by atoms with Gasteiger partial charge in [0.1, 0.15) is 13.1 Å². The normalized spacial score (nSPS) is 13.0. The predicted molar refractivity (Wildman–Crippen MR) is 104 cm³/mol. The molecule has 1 aromatic heterocycles. The maximum Gasteiger partial charge on any atom is 0.249 e. The highest BCUT2D eigenvalue weighted by molar-refractivity contribution is 6.26. The van der Waals surface area contributed by atoms with E-state index in [1.54, 1.807) is 21.5 Å². The highest BCUT2D eigenvalue weighted by Gasteiger charge is 2.42. The number of aryl methyl sites for hydroxylation is 2. The number of rotatable bonds is 10. The first-order valence-electron chi connectivity index (χ1n) is 10.4. The second-order valence-corrected chi connectivity index (χ2v) is 7.36. The minimum Gasteiger partial charge on any atom is -0.284 e. The second-order valence-electron chi connectivity index (χ2n) is 7.36. The van der Waals surface area contributed by atoms with Gasteiger partial charge in [0.15, 0.2) is 0 Å². The number of ketones is 2. The maximum atomic E-state index is 13.1. The first-order chi connectivity index (χ1) is 13.2. The highest BCUT2D eigenvalue weighted by atomic mass is 16.1. The van der Waals surface area contributed by atoms with Crippen molar-refractivity contribution < 1.29 is 14.3 Å². The van der Waals surface area contributed by atoms with Crippen LogP contribution >= 0.6 is 0 Å².